The second kappa shape index (κ2) is 12.8. The van der Waals surface area contributed by atoms with Crippen molar-refractivity contribution >= 4 is 18.1 Å². The van der Waals surface area contributed by atoms with Crippen molar-refractivity contribution < 1.29 is 33.1 Å². The van der Waals surface area contributed by atoms with E-state index in [1.165, 1.54) is 20.0 Å². The first kappa shape index (κ1) is 25.4. The second-order valence-corrected chi connectivity index (χ2v) is 7.51. The number of methoxy groups -OCH3 is 1. The predicted molar refractivity (Wildman–Crippen MR) is 105 cm³/mol. The van der Waals surface area contributed by atoms with Gasteiger partial charge in [-0.15, -0.1) is 6.04 Å². The zero-order chi connectivity index (χ0) is 19.7. The molecule has 0 aliphatic heterocycles. The summed E-state index contributed by atoms with van der Waals surface area (Å²) in [5.41, 5.74) is 0.207. The number of hydrogen-bond acceptors (Lipinski definition) is 6. The minimum Gasteiger partial charge on any atom is -0.655 e. The minimum absolute atomic E-state index is 0. The molecular formula is C20H29ClLiN3O3-2. The van der Waals surface area contributed by atoms with Crippen LogP contribution in [0.5, 0.6) is 0 Å². The van der Waals surface area contributed by atoms with Crippen molar-refractivity contribution in [1.82, 2.24) is 15.3 Å². The number of carbonyl (C=O) groups excluding carboxylic acids is 1. The maximum absolute atomic E-state index is 8.83. The predicted octanol–water partition coefficient (Wildman–Crippen LogP) is 0.0674. The average Bonchev–Trinajstić information content (AvgIpc) is 3.43. The summed E-state index contributed by atoms with van der Waals surface area (Å²) < 4.78 is 9.82. The van der Waals surface area contributed by atoms with Gasteiger partial charge in [0.2, 0.25) is 0 Å². The molecule has 8 heteroatoms. The molecule has 0 amide bonds. The molecule has 6 nitrogen and oxygen atoms in total. The summed E-state index contributed by atoms with van der Waals surface area (Å²) in [4.78, 5) is 17.7. The summed E-state index contributed by atoms with van der Waals surface area (Å²) in [6, 6.07) is 0.408. The molecular weight excluding hydrogens is 373 g/mol. The fraction of sp³-hybridized carbons (Fsp3) is 0.650. The topological polar surface area (TPSA) is 73.3 Å². The molecule has 2 aliphatic rings. The van der Waals surface area contributed by atoms with Gasteiger partial charge in [-0.1, -0.05) is 24.7 Å². The quantitative estimate of drug-likeness (QED) is 0.466. The Morgan fingerprint density at radius 1 is 1.46 bits per heavy atom. The molecule has 1 aromatic heterocycles. The fourth-order valence-corrected chi connectivity index (χ4v) is 3.95. The van der Waals surface area contributed by atoms with Crippen molar-refractivity contribution in [2.45, 2.75) is 56.6 Å². The van der Waals surface area contributed by atoms with Crippen LogP contribution in [0.1, 0.15) is 44.9 Å². The first-order chi connectivity index (χ1) is 13.1. The zero-order valence-electron chi connectivity index (χ0n) is 17.3. The third kappa shape index (κ3) is 7.00. The third-order valence-corrected chi connectivity index (χ3v) is 5.61. The third-order valence-electron chi connectivity index (χ3n) is 5.41. The van der Waals surface area contributed by atoms with Crippen LogP contribution < -0.4 is 24.2 Å². The van der Waals surface area contributed by atoms with Crippen molar-refractivity contribution in [1.29, 1.82) is 0 Å². The summed E-state index contributed by atoms with van der Waals surface area (Å²) in [6.07, 6.45) is 13.8. The van der Waals surface area contributed by atoms with E-state index in [-0.39, 0.29) is 24.3 Å². The van der Waals surface area contributed by atoms with E-state index >= 15 is 0 Å². The summed E-state index contributed by atoms with van der Waals surface area (Å²) in [5.74, 6) is 1.65. The monoisotopic (exact) mass is 401 g/mol. The van der Waals surface area contributed by atoms with Crippen LogP contribution in [0, 0.1) is 18.8 Å². The van der Waals surface area contributed by atoms with Crippen LogP contribution in [0.25, 0.3) is 0 Å². The number of halogens is 1. The molecule has 1 aromatic rings. The van der Waals surface area contributed by atoms with Gasteiger partial charge in [-0.25, -0.2) is 9.97 Å². The molecule has 0 aromatic carbocycles. The Labute approximate surface area is 185 Å². The summed E-state index contributed by atoms with van der Waals surface area (Å²) in [5, 5.41) is 3.91. The SMILES string of the molecule is CO[C-]=O.C[CH-]C[C@@H]([CH-]COC1CCC2(c3ncc(Cl)cn3)C[C@H]2C1)NC.[Li+]. The zero-order valence-corrected chi connectivity index (χ0v) is 18.0. The van der Waals surface area contributed by atoms with E-state index in [1.54, 1.807) is 12.4 Å². The number of nitrogens with zero attached hydrogens (tertiary/aromatic N) is 2. The molecule has 0 bridgehead atoms. The summed E-state index contributed by atoms with van der Waals surface area (Å²) in [6.45, 7) is 3.99. The fourth-order valence-electron chi connectivity index (χ4n) is 3.85. The van der Waals surface area contributed by atoms with E-state index in [9.17, 15) is 0 Å². The van der Waals surface area contributed by atoms with Crippen LogP contribution in [0.3, 0.4) is 0 Å². The number of aromatic nitrogens is 2. The summed E-state index contributed by atoms with van der Waals surface area (Å²) in [7, 11) is 3.25. The van der Waals surface area contributed by atoms with Gasteiger partial charge in [-0.2, -0.15) is 13.3 Å². The Balaban J connectivity index is 0.000000717. The average molecular weight is 402 g/mol. The van der Waals surface area contributed by atoms with Crippen molar-refractivity contribution in [2.75, 3.05) is 20.8 Å². The molecule has 0 saturated heterocycles. The number of ether oxygens (including phenoxy) is 2. The molecule has 2 fully saturated rings. The molecule has 1 N–H and O–H groups in total. The maximum atomic E-state index is 8.83. The number of hydrogen-bond donors (Lipinski definition) is 1. The molecule has 28 heavy (non-hydrogen) atoms. The first-order valence-electron chi connectivity index (χ1n) is 9.37. The van der Waals surface area contributed by atoms with Gasteiger partial charge in [0.15, 0.2) is 0 Å². The molecule has 152 valence electrons. The van der Waals surface area contributed by atoms with Crippen LogP contribution in [-0.2, 0) is 19.7 Å². The number of rotatable bonds is 9. The van der Waals surface area contributed by atoms with Gasteiger partial charge in [-0.3, -0.25) is 6.42 Å². The Morgan fingerprint density at radius 3 is 2.68 bits per heavy atom. The Bertz CT molecular complexity index is 578. The van der Waals surface area contributed by atoms with E-state index in [4.69, 9.17) is 21.1 Å². The molecule has 4 atom stereocenters. The normalized spacial score (nSPS) is 26.0. The van der Waals surface area contributed by atoms with Crippen molar-refractivity contribution in [3.63, 3.8) is 0 Å². The van der Waals surface area contributed by atoms with Crippen molar-refractivity contribution in [2.24, 2.45) is 5.92 Å². The van der Waals surface area contributed by atoms with Crippen LogP contribution in [0.15, 0.2) is 12.4 Å². The van der Waals surface area contributed by atoms with E-state index in [0.29, 0.717) is 23.1 Å². The molecule has 3 rings (SSSR count). The largest absolute Gasteiger partial charge is 1.00 e. The van der Waals surface area contributed by atoms with Gasteiger partial charge in [0.05, 0.1) is 11.1 Å². The van der Waals surface area contributed by atoms with Crippen LogP contribution in [0.2, 0.25) is 5.02 Å². The van der Waals surface area contributed by atoms with Crippen LogP contribution in [0.4, 0.5) is 0 Å². The van der Waals surface area contributed by atoms with Gasteiger partial charge in [0, 0.05) is 24.9 Å². The van der Waals surface area contributed by atoms with E-state index in [2.05, 4.69) is 39.8 Å². The van der Waals surface area contributed by atoms with E-state index in [0.717, 1.165) is 38.1 Å². The van der Waals surface area contributed by atoms with E-state index in [1.807, 2.05) is 7.05 Å². The summed E-state index contributed by atoms with van der Waals surface area (Å²) >= 11 is 5.89. The second-order valence-electron chi connectivity index (χ2n) is 7.07. The number of fused-ring (bicyclic) bond motifs is 1. The van der Waals surface area contributed by atoms with Crippen molar-refractivity contribution in [3.8, 4) is 0 Å². The van der Waals surface area contributed by atoms with Crippen LogP contribution in [-0.4, -0.2) is 49.4 Å². The number of nitrogens with one attached hydrogen (secondary N) is 1. The molecule has 2 saturated carbocycles. The molecule has 0 spiro atoms. The molecule has 1 heterocycles. The molecule has 2 aliphatic carbocycles. The Morgan fingerprint density at radius 2 is 2.14 bits per heavy atom. The standard InChI is InChI=1S/C18H26ClN3O.C2H3O2.Li/c1-3-4-15(20-2)6-8-23-16-5-7-18(10-13(18)9-16)17-21-11-14(19)12-22-17;1-4-2-3;/h3,6,11-13,15-16,20H,4-5,7-10H2,1-2H3;1H3;/q-2;-1;+1/t13-,15+,16?,18?;;/m1../s1. The minimum atomic E-state index is 0. The smallest absolute Gasteiger partial charge is 0.655 e. The van der Waals surface area contributed by atoms with Gasteiger partial charge in [-0.05, 0) is 38.6 Å². The van der Waals surface area contributed by atoms with Gasteiger partial charge in [0.25, 0.3) is 0 Å². The van der Waals surface area contributed by atoms with Gasteiger partial charge in [0.1, 0.15) is 5.82 Å². The molecule has 0 radical (unpaired) electrons. The first-order valence-corrected chi connectivity index (χ1v) is 9.75. The van der Waals surface area contributed by atoms with Crippen LogP contribution >= 0.6 is 11.6 Å². The molecule has 2 unspecified atom stereocenters. The maximum Gasteiger partial charge on any atom is 1.00 e. The van der Waals surface area contributed by atoms with Gasteiger partial charge < -0.3 is 26.0 Å². The Kier molecular flexibility index (Phi) is 11.6. The Hall–Kier alpha value is -0.643. The van der Waals surface area contributed by atoms with Crippen molar-refractivity contribution in [3.05, 3.63) is 36.1 Å². The van der Waals surface area contributed by atoms with Gasteiger partial charge >= 0.3 is 18.9 Å². The van der Waals surface area contributed by atoms with E-state index < -0.39 is 0 Å².